The number of aromatic nitrogens is 1. The molecule has 19 heavy (non-hydrogen) atoms. The SMILES string of the molecule is CCc1ccc(OC)c(Nc2cc(C)c(N)cn2)c1. The first kappa shape index (κ1) is 13.2. The molecule has 4 heteroatoms. The van der Waals surface area contributed by atoms with Crippen molar-refractivity contribution in [2.45, 2.75) is 20.3 Å². The molecule has 0 unspecified atom stereocenters. The number of nitrogens with one attached hydrogen (secondary N) is 1. The second-order valence-electron chi connectivity index (χ2n) is 4.44. The van der Waals surface area contributed by atoms with Crippen molar-refractivity contribution in [2.75, 3.05) is 18.2 Å². The van der Waals surface area contributed by atoms with Crippen LogP contribution in [0.2, 0.25) is 0 Å². The van der Waals surface area contributed by atoms with Crippen molar-refractivity contribution in [2.24, 2.45) is 0 Å². The molecule has 0 spiro atoms. The molecule has 0 saturated carbocycles. The lowest BCUT2D eigenvalue weighted by atomic mass is 10.1. The van der Waals surface area contributed by atoms with Crippen LogP contribution in [0.3, 0.4) is 0 Å². The summed E-state index contributed by atoms with van der Waals surface area (Å²) in [4.78, 5) is 4.27. The highest BCUT2D eigenvalue weighted by Gasteiger charge is 2.06. The van der Waals surface area contributed by atoms with Gasteiger partial charge in [-0.2, -0.15) is 0 Å². The van der Waals surface area contributed by atoms with Gasteiger partial charge < -0.3 is 15.8 Å². The summed E-state index contributed by atoms with van der Waals surface area (Å²) in [5.74, 6) is 1.56. The van der Waals surface area contributed by atoms with Crippen LogP contribution in [0.15, 0.2) is 30.5 Å². The lowest BCUT2D eigenvalue weighted by Crippen LogP contribution is -1.99. The third-order valence-electron chi connectivity index (χ3n) is 3.09. The third kappa shape index (κ3) is 2.96. The van der Waals surface area contributed by atoms with E-state index in [1.807, 2.05) is 19.1 Å². The number of hydrogen-bond acceptors (Lipinski definition) is 4. The van der Waals surface area contributed by atoms with Crippen LogP contribution in [0.4, 0.5) is 17.2 Å². The molecule has 0 fully saturated rings. The lowest BCUT2D eigenvalue weighted by molar-refractivity contribution is 0.416. The van der Waals surface area contributed by atoms with Crippen molar-refractivity contribution >= 4 is 17.2 Å². The van der Waals surface area contributed by atoms with Crippen LogP contribution >= 0.6 is 0 Å². The Bertz CT molecular complexity index is 582. The Kier molecular flexibility index (Phi) is 3.90. The highest BCUT2D eigenvalue weighted by atomic mass is 16.5. The maximum absolute atomic E-state index is 5.77. The van der Waals surface area contributed by atoms with Crippen LogP contribution in [0.25, 0.3) is 0 Å². The van der Waals surface area contributed by atoms with E-state index in [0.29, 0.717) is 5.69 Å². The first-order valence-corrected chi connectivity index (χ1v) is 6.30. The highest BCUT2D eigenvalue weighted by molar-refractivity contribution is 5.66. The molecule has 100 valence electrons. The monoisotopic (exact) mass is 257 g/mol. The van der Waals surface area contributed by atoms with Gasteiger partial charge in [-0.1, -0.05) is 13.0 Å². The number of nitrogens with zero attached hydrogens (tertiary/aromatic N) is 1. The number of ether oxygens (including phenoxy) is 1. The van der Waals surface area contributed by atoms with Crippen molar-refractivity contribution in [1.82, 2.24) is 4.98 Å². The Hall–Kier alpha value is -2.23. The molecule has 0 radical (unpaired) electrons. The molecule has 0 saturated heterocycles. The molecule has 0 amide bonds. The van der Waals surface area contributed by atoms with Gasteiger partial charge in [0.25, 0.3) is 0 Å². The molecule has 0 aliphatic carbocycles. The molecular weight excluding hydrogens is 238 g/mol. The average molecular weight is 257 g/mol. The Morgan fingerprint density at radius 1 is 1.32 bits per heavy atom. The second-order valence-corrected chi connectivity index (χ2v) is 4.44. The summed E-state index contributed by atoms with van der Waals surface area (Å²) in [6.45, 7) is 4.08. The fourth-order valence-corrected chi connectivity index (χ4v) is 1.85. The third-order valence-corrected chi connectivity index (χ3v) is 3.09. The quantitative estimate of drug-likeness (QED) is 0.882. The molecule has 4 nitrogen and oxygen atoms in total. The van der Waals surface area contributed by atoms with Crippen molar-refractivity contribution in [3.63, 3.8) is 0 Å². The van der Waals surface area contributed by atoms with Crippen LogP contribution < -0.4 is 15.8 Å². The van der Waals surface area contributed by atoms with Gasteiger partial charge in [0.2, 0.25) is 0 Å². The van der Waals surface area contributed by atoms with E-state index in [4.69, 9.17) is 10.5 Å². The van der Waals surface area contributed by atoms with E-state index in [0.717, 1.165) is 29.2 Å². The zero-order valence-corrected chi connectivity index (χ0v) is 11.5. The first-order valence-electron chi connectivity index (χ1n) is 6.30. The summed E-state index contributed by atoms with van der Waals surface area (Å²) in [5, 5.41) is 3.27. The van der Waals surface area contributed by atoms with Crippen molar-refractivity contribution in [1.29, 1.82) is 0 Å². The molecule has 2 rings (SSSR count). The van der Waals surface area contributed by atoms with Crippen LogP contribution in [0.1, 0.15) is 18.1 Å². The number of anilines is 3. The van der Waals surface area contributed by atoms with Crippen LogP contribution in [0, 0.1) is 6.92 Å². The topological polar surface area (TPSA) is 60.2 Å². The Morgan fingerprint density at radius 3 is 2.74 bits per heavy atom. The summed E-state index contributed by atoms with van der Waals surface area (Å²) in [6, 6.07) is 8.02. The maximum Gasteiger partial charge on any atom is 0.142 e. The number of pyridine rings is 1. The minimum absolute atomic E-state index is 0.694. The summed E-state index contributed by atoms with van der Waals surface area (Å²) < 4.78 is 5.36. The van der Waals surface area contributed by atoms with Crippen molar-refractivity contribution in [3.05, 3.63) is 41.6 Å². The Morgan fingerprint density at radius 2 is 2.11 bits per heavy atom. The fraction of sp³-hybridized carbons (Fsp3) is 0.267. The second kappa shape index (κ2) is 5.61. The number of methoxy groups -OCH3 is 1. The summed E-state index contributed by atoms with van der Waals surface area (Å²) in [5.41, 5.74) is 9.63. The van der Waals surface area contributed by atoms with Crippen molar-refractivity contribution in [3.8, 4) is 5.75 Å². The van der Waals surface area contributed by atoms with Gasteiger partial charge in [0.05, 0.1) is 24.7 Å². The molecular formula is C15H19N3O. The van der Waals surface area contributed by atoms with Crippen molar-refractivity contribution < 1.29 is 4.74 Å². The van der Waals surface area contributed by atoms with Gasteiger partial charge in [0.1, 0.15) is 11.6 Å². The van der Waals surface area contributed by atoms with E-state index >= 15 is 0 Å². The Labute approximate surface area is 113 Å². The fourth-order valence-electron chi connectivity index (χ4n) is 1.85. The highest BCUT2D eigenvalue weighted by Crippen LogP contribution is 2.28. The largest absolute Gasteiger partial charge is 0.495 e. The van der Waals surface area contributed by atoms with Crippen LogP contribution in [0.5, 0.6) is 5.75 Å². The van der Waals surface area contributed by atoms with Gasteiger partial charge in [-0.3, -0.25) is 0 Å². The smallest absolute Gasteiger partial charge is 0.142 e. The first-order chi connectivity index (χ1) is 9.13. The average Bonchev–Trinajstić information content (AvgIpc) is 2.43. The standard InChI is InChI=1S/C15H19N3O/c1-4-11-5-6-14(19-3)13(8-11)18-15-7-10(2)12(16)9-17-15/h5-9H,4,16H2,1-3H3,(H,17,18). The molecule has 1 aromatic carbocycles. The van der Waals surface area contributed by atoms with E-state index in [-0.39, 0.29) is 0 Å². The number of nitrogens with two attached hydrogens (primary N) is 1. The van der Waals surface area contributed by atoms with Gasteiger partial charge in [-0.05, 0) is 42.7 Å². The van der Waals surface area contributed by atoms with Gasteiger partial charge in [0, 0.05) is 0 Å². The number of hydrogen-bond donors (Lipinski definition) is 2. The number of benzene rings is 1. The Balaban J connectivity index is 2.33. The predicted octanol–water partition coefficient (Wildman–Crippen LogP) is 3.29. The van der Waals surface area contributed by atoms with Gasteiger partial charge >= 0.3 is 0 Å². The number of nitrogen functional groups attached to an aromatic ring is 1. The van der Waals surface area contributed by atoms with E-state index in [1.165, 1.54) is 5.56 Å². The molecule has 0 aliphatic heterocycles. The summed E-state index contributed by atoms with van der Waals surface area (Å²) in [6.07, 6.45) is 2.64. The minimum Gasteiger partial charge on any atom is -0.495 e. The van der Waals surface area contributed by atoms with E-state index < -0.39 is 0 Å². The zero-order chi connectivity index (χ0) is 13.8. The number of rotatable bonds is 4. The minimum atomic E-state index is 0.694. The summed E-state index contributed by atoms with van der Waals surface area (Å²) in [7, 11) is 1.66. The van der Waals surface area contributed by atoms with Crippen LogP contribution in [-0.4, -0.2) is 12.1 Å². The molecule has 0 atom stereocenters. The van der Waals surface area contributed by atoms with E-state index in [9.17, 15) is 0 Å². The molecule has 3 N–H and O–H groups in total. The molecule has 1 aromatic heterocycles. The predicted molar refractivity (Wildman–Crippen MR) is 79.0 cm³/mol. The van der Waals surface area contributed by atoms with Gasteiger partial charge in [0.15, 0.2) is 0 Å². The van der Waals surface area contributed by atoms with Gasteiger partial charge in [-0.25, -0.2) is 4.98 Å². The van der Waals surface area contributed by atoms with Crippen LogP contribution in [-0.2, 0) is 6.42 Å². The lowest BCUT2D eigenvalue weighted by Gasteiger charge is -2.12. The zero-order valence-electron chi connectivity index (χ0n) is 11.5. The molecule has 0 aliphatic rings. The number of aryl methyl sites for hydroxylation is 2. The normalized spacial score (nSPS) is 10.3. The molecule has 2 aromatic rings. The maximum atomic E-state index is 5.77. The van der Waals surface area contributed by atoms with E-state index in [2.05, 4.69) is 29.4 Å². The molecule has 1 heterocycles. The van der Waals surface area contributed by atoms with Gasteiger partial charge in [-0.15, -0.1) is 0 Å². The van der Waals surface area contributed by atoms with E-state index in [1.54, 1.807) is 13.3 Å². The molecule has 0 bridgehead atoms. The summed E-state index contributed by atoms with van der Waals surface area (Å²) >= 11 is 0.